The second-order valence-electron chi connectivity index (χ2n) is 10.2. The molecule has 0 amide bonds. The van der Waals surface area contributed by atoms with Gasteiger partial charge in [0.1, 0.15) is 0 Å². The van der Waals surface area contributed by atoms with Crippen molar-refractivity contribution in [3.63, 3.8) is 0 Å². The van der Waals surface area contributed by atoms with Crippen molar-refractivity contribution in [3.05, 3.63) is 59.7 Å². The third kappa shape index (κ3) is 6.63. The molecule has 0 saturated carbocycles. The lowest BCUT2D eigenvalue weighted by atomic mass is 9.96. The van der Waals surface area contributed by atoms with Gasteiger partial charge in [0.2, 0.25) is 0 Å². The zero-order chi connectivity index (χ0) is 23.2. The standard InChI is InChI=1S/C28H39FN2O2/c1-21-10-14-30(15-11-21)19-27(32)25-6-2-23(3-7-25)24-4-8-26(9-5-24)28(33)20-31-16-12-22(18-29)13-17-31/h2-9,21-22,27-28,32-33H,10-20H2,1H3/i29-1. The highest BCUT2D eigenvalue weighted by molar-refractivity contribution is 5.64. The van der Waals surface area contributed by atoms with Crippen LogP contribution in [-0.4, -0.2) is 66.0 Å². The number of hydrogen-bond donors (Lipinski definition) is 2. The minimum atomic E-state index is -0.531. The summed E-state index contributed by atoms with van der Waals surface area (Å²) in [5.74, 6) is 0.990. The van der Waals surface area contributed by atoms with Gasteiger partial charge in [-0.3, -0.25) is 4.39 Å². The van der Waals surface area contributed by atoms with E-state index in [1.807, 2.05) is 36.4 Å². The molecule has 2 heterocycles. The molecule has 33 heavy (non-hydrogen) atoms. The zero-order valence-electron chi connectivity index (χ0n) is 19.9. The van der Waals surface area contributed by atoms with Gasteiger partial charge in [0.05, 0.1) is 18.9 Å². The van der Waals surface area contributed by atoms with Crippen LogP contribution in [0.1, 0.15) is 55.9 Å². The highest BCUT2D eigenvalue weighted by Gasteiger charge is 2.22. The number of halogens is 1. The van der Waals surface area contributed by atoms with Crippen LogP contribution >= 0.6 is 0 Å². The molecule has 0 aromatic heterocycles. The minimum absolute atomic E-state index is 0.193. The number of aliphatic hydroxyl groups is 2. The molecular formula is C28H39FN2O2. The number of β-amino-alcohol motifs (C(OH)–C–C–N with tert-alkyl or cyclic N) is 2. The summed E-state index contributed by atoms with van der Waals surface area (Å²) in [5, 5.41) is 21.3. The maximum atomic E-state index is 12.8. The summed E-state index contributed by atoms with van der Waals surface area (Å²) in [6.45, 7) is 7.24. The Hall–Kier alpha value is -1.79. The first-order chi connectivity index (χ1) is 16.0. The van der Waals surface area contributed by atoms with Gasteiger partial charge in [-0.1, -0.05) is 55.5 Å². The summed E-state index contributed by atoms with van der Waals surface area (Å²) >= 11 is 0. The fourth-order valence-electron chi connectivity index (χ4n) is 5.06. The van der Waals surface area contributed by atoms with Crippen molar-refractivity contribution in [1.29, 1.82) is 0 Å². The zero-order valence-corrected chi connectivity index (χ0v) is 19.9. The lowest BCUT2D eigenvalue weighted by Crippen LogP contribution is -2.37. The van der Waals surface area contributed by atoms with Gasteiger partial charge >= 0.3 is 0 Å². The molecule has 4 nitrogen and oxygen atoms in total. The maximum Gasteiger partial charge on any atom is 0.0923 e. The van der Waals surface area contributed by atoms with Crippen LogP contribution in [0.2, 0.25) is 0 Å². The molecule has 2 aliphatic rings. The van der Waals surface area contributed by atoms with E-state index in [0.717, 1.165) is 67.2 Å². The van der Waals surface area contributed by atoms with Crippen LogP contribution in [0.25, 0.3) is 11.1 Å². The van der Waals surface area contributed by atoms with E-state index < -0.39 is 12.2 Å². The van der Waals surface area contributed by atoms with E-state index >= 15 is 0 Å². The molecule has 2 saturated heterocycles. The summed E-state index contributed by atoms with van der Waals surface area (Å²) < 4.78 is 12.8. The van der Waals surface area contributed by atoms with Gasteiger partial charge in [0, 0.05) is 13.1 Å². The third-order valence-corrected chi connectivity index (χ3v) is 7.59. The predicted octanol–water partition coefficient (Wildman–Crippen LogP) is 4.83. The fraction of sp³-hybridized carbons (Fsp3) is 0.571. The van der Waals surface area contributed by atoms with Crippen molar-refractivity contribution in [2.45, 2.75) is 44.8 Å². The van der Waals surface area contributed by atoms with Gasteiger partial charge in [0.25, 0.3) is 0 Å². The first kappa shape index (κ1) is 24.3. The van der Waals surface area contributed by atoms with Crippen molar-refractivity contribution in [3.8, 4) is 11.1 Å². The van der Waals surface area contributed by atoms with Crippen LogP contribution in [0.3, 0.4) is 0 Å². The Balaban J connectivity index is 1.30. The number of rotatable bonds is 8. The normalized spacial score (nSPS) is 21.2. The number of alkyl halides is 1. The first-order valence-electron chi connectivity index (χ1n) is 12.6. The Labute approximate surface area is 198 Å². The molecule has 0 spiro atoms. The quantitative estimate of drug-likeness (QED) is 0.601. The Morgan fingerprint density at radius 1 is 0.727 bits per heavy atom. The van der Waals surface area contributed by atoms with Gasteiger partial charge in [-0.05, 0) is 86.0 Å². The van der Waals surface area contributed by atoms with Crippen LogP contribution < -0.4 is 0 Å². The van der Waals surface area contributed by atoms with Gasteiger partial charge in [0.15, 0.2) is 0 Å². The van der Waals surface area contributed by atoms with E-state index in [1.54, 1.807) is 0 Å². The molecule has 0 aliphatic carbocycles. The highest BCUT2D eigenvalue weighted by atomic mass is 18.2. The number of benzene rings is 2. The Bertz CT molecular complexity index is 841. The second-order valence-corrected chi connectivity index (χ2v) is 10.2. The summed E-state index contributed by atoms with van der Waals surface area (Å²) in [6.07, 6.45) is 3.20. The van der Waals surface area contributed by atoms with Crippen LogP contribution in [0.4, 0.5) is 4.39 Å². The molecular weight excluding hydrogens is 414 g/mol. The molecule has 4 rings (SSSR count). The van der Waals surface area contributed by atoms with E-state index in [2.05, 4.69) is 28.9 Å². The van der Waals surface area contributed by atoms with Crippen LogP contribution in [0.15, 0.2) is 48.5 Å². The Morgan fingerprint density at radius 2 is 1.12 bits per heavy atom. The average molecular weight is 454 g/mol. The number of piperidine rings is 2. The molecule has 0 bridgehead atoms. The first-order valence-corrected chi connectivity index (χ1v) is 12.6. The molecule has 2 aromatic carbocycles. The van der Waals surface area contributed by atoms with E-state index in [1.165, 1.54) is 12.8 Å². The second kappa shape index (κ2) is 11.6. The van der Waals surface area contributed by atoms with Crippen LogP contribution in [0, 0.1) is 11.8 Å². The Morgan fingerprint density at radius 3 is 1.52 bits per heavy atom. The minimum Gasteiger partial charge on any atom is -0.387 e. The summed E-state index contributed by atoms with van der Waals surface area (Å²) in [7, 11) is 0. The fourth-order valence-corrected chi connectivity index (χ4v) is 5.06. The van der Waals surface area contributed by atoms with Gasteiger partial charge < -0.3 is 20.0 Å². The third-order valence-electron chi connectivity index (χ3n) is 7.59. The van der Waals surface area contributed by atoms with E-state index in [9.17, 15) is 14.6 Å². The van der Waals surface area contributed by atoms with Crippen molar-refractivity contribution in [2.24, 2.45) is 11.8 Å². The Kier molecular flexibility index (Phi) is 8.53. The summed E-state index contributed by atoms with van der Waals surface area (Å²) in [5.41, 5.74) is 4.07. The molecule has 2 fully saturated rings. The molecule has 180 valence electrons. The summed E-state index contributed by atoms with van der Waals surface area (Å²) in [4.78, 5) is 4.60. The molecule has 0 radical (unpaired) electrons. The average Bonchev–Trinajstić information content (AvgIpc) is 2.86. The van der Waals surface area contributed by atoms with Crippen LogP contribution in [0.5, 0.6) is 0 Å². The van der Waals surface area contributed by atoms with Gasteiger partial charge in [-0.15, -0.1) is 0 Å². The predicted molar refractivity (Wildman–Crippen MR) is 132 cm³/mol. The monoisotopic (exact) mass is 453 g/mol. The molecule has 5 heteroatoms. The number of aliphatic hydroxyl groups excluding tert-OH is 2. The van der Waals surface area contributed by atoms with Crippen molar-refractivity contribution >= 4 is 0 Å². The number of likely N-dealkylation sites (tertiary alicyclic amines) is 2. The number of hydrogen-bond acceptors (Lipinski definition) is 4. The molecule has 2 unspecified atom stereocenters. The molecule has 2 aliphatic heterocycles. The van der Waals surface area contributed by atoms with Gasteiger partial charge in [-0.2, -0.15) is 0 Å². The lowest BCUT2D eigenvalue weighted by Gasteiger charge is -2.32. The van der Waals surface area contributed by atoms with Gasteiger partial charge in [-0.25, -0.2) is 0 Å². The topological polar surface area (TPSA) is 46.9 Å². The van der Waals surface area contributed by atoms with Crippen LogP contribution in [-0.2, 0) is 0 Å². The highest BCUT2D eigenvalue weighted by Crippen LogP contribution is 2.26. The van der Waals surface area contributed by atoms with E-state index in [-0.39, 0.29) is 12.6 Å². The lowest BCUT2D eigenvalue weighted by molar-refractivity contribution is 0.0850. The van der Waals surface area contributed by atoms with Crippen molar-refractivity contribution in [2.75, 3.05) is 45.9 Å². The smallest absolute Gasteiger partial charge is 0.0923 e. The SMILES string of the molecule is CC1CCN(CC(O)c2ccc(-c3ccc(C(O)CN4CCC(C[18F])CC4)cc3)cc2)CC1. The van der Waals surface area contributed by atoms with E-state index in [4.69, 9.17) is 0 Å². The molecule has 2 N–H and O–H groups in total. The largest absolute Gasteiger partial charge is 0.387 e. The van der Waals surface area contributed by atoms with Crippen molar-refractivity contribution in [1.82, 2.24) is 9.80 Å². The maximum absolute atomic E-state index is 12.8. The molecule has 2 aromatic rings. The molecule has 2 atom stereocenters. The van der Waals surface area contributed by atoms with Crippen molar-refractivity contribution < 1.29 is 14.6 Å². The van der Waals surface area contributed by atoms with E-state index in [0.29, 0.717) is 13.1 Å². The summed E-state index contributed by atoms with van der Waals surface area (Å²) in [6, 6.07) is 16.3. The number of nitrogens with zero attached hydrogens (tertiary/aromatic N) is 2.